The van der Waals surface area contributed by atoms with Crippen molar-refractivity contribution >= 4 is 26.8 Å². The van der Waals surface area contributed by atoms with E-state index in [9.17, 15) is 0 Å². The van der Waals surface area contributed by atoms with E-state index in [1.54, 1.807) is 0 Å². The first-order chi connectivity index (χ1) is 12.2. The Bertz CT molecular complexity index is 862. The quantitative estimate of drug-likeness (QED) is 0.653. The van der Waals surface area contributed by atoms with Crippen molar-refractivity contribution in [2.75, 3.05) is 33.2 Å². The molecule has 3 nitrogen and oxygen atoms in total. The SMILES string of the molecule is CN1CCN(Cc2cn(Cc3ccccc3Br)c3ccccc23)CC1. The summed E-state index contributed by atoms with van der Waals surface area (Å²) in [5.41, 5.74) is 4.07. The monoisotopic (exact) mass is 397 g/mol. The van der Waals surface area contributed by atoms with Crippen LogP contribution in [-0.4, -0.2) is 47.6 Å². The second kappa shape index (κ2) is 7.32. The van der Waals surface area contributed by atoms with Crippen LogP contribution in [0.4, 0.5) is 0 Å². The normalized spacial score (nSPS) is 16.6. The Morgan fingerprint density at radius 2 is 1.56 bits per heavy atom. The van der Waals surface area contributed by atoms with Gasteiger partial charge in [-0.15, -0.1) is 0 Å². The summed E-state index contributed by atoms with van der Waals surface area (Å²) >= 11 is 3.68. The minimum absolute atomic E-state index is 0.894. The van der Waals surface area contributed by atoms with Gasteiger partial charge in [-0.2, -0.15) is 0 Å². The number of para-hydroxylation sites is 1. The molecule has 3 aromatic rings. The highest BCUT2D eigenvalue weighted by molar-refractivity contribution is 9.10. The van der Waals surface area contributed by atoms with Crippen molar-refractivity contribution in [1.82, 2.24) is 14.4 Å². The first kappa shape index (κ1) is 16.8. The predicted molar refractivity (Wildman–Crippen MR) is 108 cm³/mol. The number of fused-ring (bicyclic) bond motifs is 1. The molecule has 0 aliphatic carbocycles. The summed E-state index contributed by atoms with van der Waals surface area (Å²) < 4.78 is 3.56. The number of hydrogen-bond donors (Lipinski definition) is 0. The molecule has 2 aromatic carbocycles. The van der Waals surface area contributed by atoms with Crippen LogP contribution in [0.25, 0.3) is 10.9 Å². The van der Waals surface area contributed by atoms with Gasteiger partial charge in [-0.25, -0.2) is 0 Å². The molecule has 4 rings (SSSR count). The van der Waals surface area contributed by atoms with Crippen molar-refractivity contribution in [1.29, 1.82) is 0 Å². The summed E-state index contributed by atoms with van der Waals surface area (Å²) in [5.74, 6) is 0. The van der Waals surface area contributed by atoms with E-state index in [1.807, 2.05) is 0 Å². The summed E-state index contributed by atoms with van der Waals surface area (Å²) in [6.07, 6.45) is 2.35. The van der Waals surface area contributed by atoms with Crippen molar-refractivity contribution in [3.63, 3.8) is 0 Å². The molecule has 0 N–H and O–H groups in total. The van der Waals surface area contributed by atoms with Crippen molar-refractivity contribution in [3.05, 3.63) is 70.3 Å². The first-order valence-corrected chi connectivity index (χ1v) is 9.71. The molecule has 1 aliphatic heterocycles. The fourth-order valence-corrected chi connectivity index (χ4v) is 4.05. The highest BCUT2D eigenvalue weighted by Gasteiger charge is 2.17. The molecule has 0 saturated carbocycles. The van der Waals surface area contributed by atoms with Gasteiger partial charge in [0.25, 0.3) is 0 Å². The lowest BCUT2D eigenvalue weighted by Crippen LogP contribution is -2.43. The third kappa shape index (κ3) is 3.66. The van der Waals surface area contributed by atoms with Crippen LogP contribution in [0.3, 0.4) is 0 Å². The average Bonchev–Trinajstić information content (AvgIpc) is 2.97. The maximum atomic E-state index is 3.68. The smallest absolute Gasteiger partial charge is 0.0487 e. The first-order valence-electron chi connectivity index (χ1n) is 8.92. The second-order valence-corrected chi connectivity index (χ2v) is 7.82. The average molecular weight is 398 g/mol. The molecule has 1 fully saturated rings. The minimum Gasteiger partial charge on any atom is -0.343 e. The van der Waals surface area contributed by atoms with Crippen LogP contribution in [0.2, 0.25) is 0 Å². The fourth-order valence-electron chi connectivity index (χ4n) is 3.64. The van der Waals surface area contributed by atoms with E-state index in [4.69, 9.17) is 0 Å². The number of likely N-dealkylation sites (N-methyl/N-ethyl adjacent to an activating group) is 1. The van der Waals surface area contributed by atoms with Crippen LogP contribution < -0.4 is 0 Å². The lowest BCUT2D eigenvalue weighted by atomic mass is 10.1. The lowest BCUT2D eigenvalue weighted by Gasteiger charge is -2.32. The summed E-state index contributed by atoms with van der Waals surface area (Å²) in [6, 6.07) is 17.3. The third-order valence-corrected chi connectivity index (χ3v) is 5.93. The summed E-state index contributed by atoms with van der Waals surface area (Å²) in [5, 5.41) is 1.38. The Balaban J connectivity index is 1.63. The molecule has 1 aromatic heterocycles. The van der Waals surface area contributed by atoms with Crippen LogP contribution in [0.1, 0.15) is 11.1 Å². The van der Waals surface area contributed by atoms with E-state index in [0.29, 0.717) is 0 Å². The van der Waals surface area contributed by atoms with E-state index < -0.39 is 0 Å². The zero-order valence-corrected chi connectivity index (χ0v) is 16.2. The van der Waals surface area contributed by atoms with Crippen molar-refractivity contribution in [2.45, 2.75) is 13.1 Å². The molecular weight excluding hydrogens is 374 g/mol. The molecule has 0 spiro atoms. The minimum atomic E-state index is 0.894. The number of halogens is 1. The van der Waals surface area contributed by atoms with E-state index in [0.717, 1.165) is 39.3 Å². The van der Waals surface area contributed by atoms with Crippen LogP contribution in [0.5, 0.6) is 0 Å². The van der Waals surface area contributed by atoms with Gasteiger partial charge < -0.3 is 9.47 Å². The molecule has 130 valence electrons. The number of nitrogens with zero attached hydrogens (tertiary/aromatic N) is 3. The van der Waals surface area contributed by atoms with Gasteiger partial charge in [0.05, 0.1) is 0 Å². The fraction of sp³-hybridized carbons (Fsp3) is 0.333. The number of hydrogen-bond acceptors (Lipinski definition) is 2. The summed E-state index contributed by atoms with van der Waals surface area (Å²) in [7, 11) is 2.21. The Kier molecular flexibility index (Phi) is 4.93. The Hall–Kier alpha value is -1.62. The van der Waals surface area contributed by atoms with Gasteiger partial charge in [0.15, 0.2) is 0 Å². The topological polar surface area (TPSA) is 11.4 Å². The molecule has 2 heterocycles. The zero-order valence-electron chi connectivity index (χ0n) is 14.7. The predicted octanol–water partition coefficient (Wildman–Crippen LogP) is 4.20. The number of piperazine rings is 1. The largest absolute Gasteiger partial charge is 0.343 e. The number of aromatic nitrogens is 1. The van der Waals surface area contributed by atoms with Crippen molar-refractivity contribution in [2.24, 2.45) is 0 Å². The van der Waals surface area contributed by atoms with Gasteiger partial charge in [0, 0.05) is 60.8 Å². The number of benzene rings is 2. The standard InChI is InChI=1S/C21H24BrN3/c1-23-10-12-24(13-11-23)14-18-16-25(21-9-5-3-7-19(18)21)15-17-6-2-4-8-20(17)22/h2-9,16H,10-15H2,1H3. The molecule has 0 radical (unpaired) electrons. The maximum absolute atomic E-state index is 3.68. The number of rotatable bonds is 4. The molecular formula is C21H24BrN3. The van der Waals surface area contributed by atoms with Gasteiger partial charge in [0.1, 0.15) is 0 Å². The Morgan fingerprint density at radius 3 is 2.36 bits per heavy atom. The van der Waals surface area contributed by atoms with E-state index in [2.05, 4.69) is 92.1 Å². The molecule has 0 amide bonds. The molecule has 0 unspecified atom stereocenters. The maximum Gasteiger partial charge on any atom is 0.0487 e. The molecule has 1 aliphatic rings. The Morgan fingerprint density at radius 1 is 0.840 bits per heavy atom. The van der Waals surface area contributed by atoms with E-state index >= 15 is 0 Å². The molecule has 0 bridgehead atoms. The van der Waals surface area contributed by atoms with Gasteiger partial charge in [-0.3, -0.25) is 4.90 Å². The van der Waals surface area contributed by atoms with Crippen molar-refractivity contribution < 1.29 is 0 Å². The van der Waals surface area contributed by atoms with Crippen LogP contribution in [-0.2, 0) is 13.1 Å². The Labute approximate surface area is 158 Å². The molecule has 25 heavy (non-hydrogen) atoms. The molecule has 4 heteroatoms. The zero-order chi connectivity index (χ0) is 17.2. The van der Waals surface area contributed by atoms with E-state index in [-0.39, 0.29) is 0 Å². The molecule has 1 saturated heterocycles. The van der Waals surface area contributed by atoms with Crippen LogP contribution in [0, 0.1) is 0 Å². The van der Waals surface area contributed by atoms with Crippen LogP contribution in [0.15, 0.2) is 59.2 Å². The van der Waals surface area contributed by atoms with Crippen molar-refractivity contribution in [3.8, 4) is 0 Å². The summed E-state index contributed by atoms with van der Waals surface area (Å²) in [6.45, 7) is 6.56. The van der Waals surface area contributed by atoms with Gasteiger partial charge in [0.2, 0.25) is 0 Å². The van der Waals surface area contributed by atoms with E-state index in [1.165, 1.54) is 26.5 Å². The highest BCUT2D eigenvalue weighted by atomic mass is 79.9. The second-order valence-electron chi connectivity index (χ2n) is 6.97. The van der Waals surface area contributed by atoms with Crippen LogP contribution >= 0.6 is 15.9 Å². The van der Waals surface area contributed by atoms with Gasteiger partial charge >= 0.3 is 0 Å². The highest BCUT2D eigenvalue weighted by Crippen LogP contribution is 2.25. The third-order valence-electron chi connectivity index (χ3n) is 5.16. The molecule has 0 atom stereocenters. The lowest BCUT2D eigenvalue weighted by molar-refractivity contribution is 0.148. The van der Waals surface area contributed by atoms with Gasteiger partial charge in [-0.1, -0.05) is 52.3 Å². The van der Waals surface area contributed by atoms with Gasteiger partial charge in [-0.05, 0) is 30.3 Å². The summed E-state index contributed by atoms with van der Waals surface area (Å²) in [4.78, 5) is 4.98.